The number of hydrogen-bond donors (Lipinski definition) is 1. The van der Waals surface area contributed by atoms with Crippen molar-refractivity contribution in [2.75, 3.05) is 0 Å². The number of benzene rings is 2. The molecular formula is C21H14N4O4. The van der Waals surface area contributed by atoms with E-state index in [4.69, 9.17) is 0 Å². The van der Waals surface area contributed by atoms with Crippen molar-refractivity contribution in [1.82, 2.24) is 9.58 Å². The van der Waals surface area contributed by atoms with E-state index in [9.17, 15) is 24.8 Å². The van der Waals surface area contributed by atoms with Gasteiger partial charge in [0.15, 0.2) is 0 Å². The summed E-state index contributed by atoms with van der Waals surface area (Å²) in [6, 6.07) is 12.1. The summed E-state index contributed by atoms with van der Waals surface area (Å²) in [5, 5.41) is 25.6. The van der Waals surface area contributed by atoms with Gasteiger partial charge >= 0.3 is 0 Å². The van der Waals surface area contributed by atoms with Crippen molar-refractivity contribution in [3.05, 3.63) is 74.6 Å². The highest BCUT2D eigenvalue weighted by Gasteiger charge is 2.32. The molecule has 8 heteroatoms. The number of imide groups is 1. The number of amides is 2. The monoisotopic (exact) mass is 386 g/mol. The lowest BCUT2D eigenvalue weighted by Crippen LogP contribution is -2.36. The summed E-state index contributed by atoms with van der Waals surface area (Å²) in [4.78, 5) is 37.8. The van der Waals surface area contributed by atoms with Crippen LogP contribution in [0.25, 0.3) is 10.8 Å². The molecule has 8 nitrogen and oxygen atoms in total. The molecule has 29 heavy (non-hydrogen) atoms. The summed E-state index contributed by atoms with van der Waals surface area (Å²) in [5.74, 6) is -1.62. The van der Waals surface area contributed by atoms with Gasteiger partial charge in [0.1, 0.15) is 11.6 Å². The number of hydrogen-bond acceptors (Lipinski definition) is 6. The van der Waals surface area contributed by atoms with Crippen LogP contribution in [-0.4, -0.2) is 32.7 Å². The number of rotatable bonds is 2. The van der Waals surface area contributed by atoms with Gasteiger partial charge in [0.25, 0.3) is 17.4 Å². The van der Waals surface area contributed by atoms with Crippen molar-refractivity contribution in [3.63, 3.8) is 0 Å². The van der Waals surface area contributed by atoms with Crippen molar-refractivity contribution < 1.29 is 14.7 Å². The molecule has 0 atom stereocenters. The lowest BCUT2D eigenvalue weighted by atomic mass is 9.95. The molecule has 0 radical (unpaired) electrons. The number of aromatic nitrogens is 1. The van der Waals surface area contributed by atoms with E-state index in [1.54, 1.807) is 30.3 Å². The zero-order chi connectivity index (χ0) is 20.9. The third-order valence-corrected chi connectivity index (χ3v) is 5.02. The third-order valence-electron chi connectivity index (χ3n) is 5.02. The van der Waals surface area contributed by atoms with Crippen LogP contribution >= 0.6 is 0 Å². The first-order valence-electron chi connectivity index (χ1n) is 8.64. The molecule has 1 aliphatic heterocycles. The highest BCUT2D eigenvalue weighted by atomic mass is 16.3. The van der Waals surface area contributed by atoms with Crippen molar-refractivity contribution in [2.24, 2.45) is 12.1 Å². The van der Waals surface area contributed by atoms with E-state index in [0.717, 1.165) is 16.2 Å². The smallest absolute Gasteiger partial charge is 0.282 e. The molecule has 3 aromatic rings. The predicted molar refractivity (Wildman–Crippen MR) is 105 cm³/mol. The molecule has 0 fully saturated rings. The molecular weight excluding hydrogens is 372 g/mol. The van der Waals surface area contributed by atoms with Crippen LogP contribution in [0, 0.1) is 18.3 Å². The molecule has 0 aliphatic carbocycles. The Labute approximate surface area is 164 Å². The summed E-state index contributed by atoms with van der Waals surface area (Å²) >= 11 is 0. The quantitative estimate of drug-likeness (QED) is 0.535. The molecule has 0 saturated heterocycles. The van der Waals surface area contributed by atoms with Gasteiger partial charge in [0.2, 0.25) is 5.88 Å². The minimum absolute atomic E-state index is 0.0707. The van der Waals surface area contributed by atoms with Gasteiger partial charge in [0, 0.05) is 12.4 Å². The van der Waals surface area contributed by atoms with E-state index in [1.807, 2.05) is 12.1 Å². The van der Waals surface area contributed by atoms with Crippen LogP contribution in [0.15, 0.2) is 46.3 Å². The number of nitrogens with zero attached hydrogens (tertiary/aromatic N) is 4. The molecule has 1 aromatic heterocycles. The molecule has 2 aromatic carbocycles. The summed E-state index contributed by atoms with van der Waals surface area (Å²) < 4.78 is 0.906. The predicted octanol–water partition coefficient (Wildman–Crippen LogP) is 2.05. The van der Waals surface area contributed by atoms with E-state index < -0.39 is 23.3 Å². The zero-order valence-electron chi connectivity index (χ0n) is 15.5. The lowest BCUT2D eigenvalue weighted by Gasteiger charge is -2.23. The lowest BCUT2D eigenvalue weighted by molar-refractivity contribution is 0.0616. The Kier molecular flexibility index (Phi) is 4.01. The highest BCUT2D eigenvalue weighted by molar-refractivity contribution is 6.25. The van der Waals surface area contributed by atoms with E-state index in [2.05, 4.69) is 5.10 Å². The second kappa shape index (κ2) is 6.42. The first-order chi connectivity index (χ1) is 13.9. The van der Waals surface area contributed by atoms with Crippen molar-refractivity contribution in [2.45, 2.75) is 6.92 Å². The first-order valence-corrected chi connectivity index (χ1v) is 8.64. The standard InChI is InChI=1S/C21H14N4O4/c1-11-15(9-22)18(26)24(2)19(27)16(11)10-23-25-20(28)13-7-3-5-12-6-4-8-14(17(12)13)21(25)29/h3-8,10,27H,1-2H3/b23-10+. The van der Waals surface area contributed by atoms with E-state index in [0.29, 0.717) is 21.5 Å². The van der Waals surface area contributed by atoms with E-state index in [-0.39, 0.29) is 16.7 Å². The summed E-state index contributed by atoms with van der Waals surface area (Å²) in [6.45, 7) is 1.48. The maximum atomic E-state index is 12.9. The molecule has 2 amide bonds. The van der Waals surface area contributed by atoms with Gasteiger partial charge in [-0.2, -0.15) is 15.4 Å². The van der Waals surface area contributed by atoms with Gasteiger partial charge in [-0.25, -0.2) is 0 Å². The molecule has 1 N–H and O–H groups in total. The Balaban J connectivity index is 1.85. The van der Waals surface area contributed by atoms with Crippen molar-refractivity contribution in [1.29, 1.82) is 5.26 Å². The molecule has 1 aliphatic rings. The third kappa shape index (κ3) is 2.52. The minimum atomic E-state index is -0.648. The van der Waals surface area contributed by atoms with Crippen LogP contribution in [0.3, 0.4) is 0 Å². The van der Waals surface area contributed by atoms with E-state index in [1.165, 1.54) is 14.0 Å². The topological polar surface area (TPSA) is 116 Å². The van der Waals surface area contributed by atoms with Gasteiger partial charge < -0.3 is 5.11 Å². The van der Waals surface area contributed by atoms with Crippen LogP contribution in [0.4, 0.5) is 0 Å². The average Bonchev–Trinajstić information content (AvgIpc) is 2.72. The molecule has 0 unspecified atom stereocenters. The fourth-order valence-corrected chi connectivity index (χ4v) is 3.43. The summed E-state index contributed by atoms with van der Waals surface area (Å²) in [6.07, 6.45) is 1.11. The fraction of sp³-hybridized carbons (Fsp3) is 0.0952. The first kappa shape index (κ1) is 18.1. The number of carbonyl (C=O) groups excluding carboxylic acids is 2. The second-order valence-electron chi connectivity index (χ2n) is 6.59. The second-order valence-corrected chi connectivity index (χ2v) is 6.59. The molecule has 0 bridgehead atoms. The number of pyridine rings is 1. The number of hydrazone groups is 1. The Morgan fingerprint density at radius 3 is 2.21 bits per heavy atom. The number of nitriles is 1. The average molecular weight is 386 g/mol. The van der Waals surface area contributed by atoms with E-state index >= 15 is 0 Å². The molecule has 2 heterocycles. The number of aromatic hydroxyl groups is 1. The van der Waals surface area contributed by atoms with Gasteiger partial charge in [0.05, 0.1) is 22.9 Å². The zero-order valence-corrected chi connectivity index (χ0v) is 15.5. The van der Waals surface area contributed by atoms with Crippen LogP contribution in [0.2, 0.25) is 0 Å². The molecule has 142 valence electrons. The van der Waals surface area contributed by atoms with Gasteiger partial charge in [-0.1, -0.05) is 24.3 Å². The fourth-order valence-electron chi connectivity index (χ4n) is 3.43. The number of carbonyl (C=O) groups is 2. The summed E-state index contributed by atoms with van der Waals surface area (Å²) in [5.41, 5.74) is 0.157. The van der Waals surface area contributed by atoms with Crippen LogP contribution < -0.4 is 5.56 Å². The minimum Gasteiger partial charge on any atom is -0.494 e. The van der Waals surface area contributed by atoms with Gasteiger partial charge in [-0.05, 0) is 30.0 Å². The molecule has 4 rings (SSSR count). The van der Waals surface area contributed by atoms with Crippen LogP contribution in [0.1, 0.15) is 37.4 Å². The largest absolute Gasteiger partial charge is 0.494 e. The Morgan fingerprint density at radius 1 is 1.07 bits per heavy atom. The van der Waals surface area contributed by atoms with Gasteiger partial charge in [-0.15, -0.1) is 0 Å². The highest BCUT2D eigenvalue weighted by Crippen LogP contribution is 2.30. The van der Waals surface area contributed by atoms with Crippen molar-refractivity contribution >= 4 is 28.8 Å². The van der Waals surface area contributed by atoms with Crippen molar-refractivity contribution in [3.8, 4) is 11.9 Å². The Morgan fingerprint density at radius 2 is 1.66 bits per heavy atom. The maximum absolute atomic E-state index is 12.9. The van der Waals surface area contributed by atoms with Gasteiger partial charge in [-0.3, -0.25) is 19.0 Å². The van der Waals surface area contributed by atoms with Crippen LogP contribution in [-0.2, 0) is 7.05 Å². The van der Waals surface area contributed by atoms with Crippen LogP contribution in [0.5, 0.6) is 5.88 Å². The summed E-state index contributed by atoms with van der Waals surface area (Å²) in [7, 11) is 1.31. The SMILES string of the molecule is Cc1c(/C=N/N2C(=O)c3cccc4cccc(c34)C2=O)c(O)n(C)c(=O)c1C#N. The Hall–Kier alpha value is -4.25. The molecule has 0 saturated carbocycles. The normalized spacial score (nSPS) is 13.3. The maximum Gasteiger partial charge on any atom is 0.282 e. The Bertz CT molecular complexity index is 1310. The molecule has 0 spiro atoms.